The number of amides is 1. The van der Waals surface area contributed by atoms with Gasteiger partial charge in [0.05, 0.1) is 6.20 Å². The first-order valence-electron chi connectivity index (χ1n) is 5.43. The highest BCUT2D eigenvalue weighted by molar-refractivity contribution is 5.98. The highest BCUT2D eigenvalue weighted by atomic mass is 16.1. The third kappa shape index (κ3) is 1.46. The summed E-state index contributed by atoms with van der Waals surface area (Å²) >= 11 is 0. The summed E-state index contributed by atoms with van der Waals surface area (Å²) in [6.45, 7) is 0. The predicted octanol–water partition coefficient (Wildman–Crippen LogP) is 0.834. The van der Waals surface area contributed by atoms with E-state index in [1.807, 2.05) is 25.2 Å². The van der Waals surface area contributed by atoms with Gasteiger partial charge in [-0.25, -0.2) is 4.98 Å². The summed E-state index contributed by atoms with van der Waals surface area (Å²) in [7, 11) is 1.81. The average Bonchev–Trinajstić information content (AvgIpc) is 2.91. The third-order valence-electron chi connectivity index (χ3n) is 2.74. The molecular weight excluding hydrogens is 230 g/mol. The topological polar surface area (TPSA) is 78.2 Å². The molecule has 0 aliphatic carbocycles. The molecule has 0 aliphatic heterocycles. The molecule has 1 amide bonds. The summed E-state index contributed by atoms with van der Waals surface area (Å²) < 4.78 is 3.34. The summed E-state index contributed by atoms with van der Waals surface area (Å²) in [5.74, 6) is -0.507. The van der Waals surface area contributed by atoms with E-state index in [2.05, 4.69) is 10.1 Å². The van der Waals surface area contributed by atoms with Gasteiger partial charge in [0.2, 0.25) is 0 Å². The third-order valence-corrected chi connectivity index (χ3v) is 2.74. The molecule has 18 heavy (non-hydrogen) atoms. The van der Waals surface area contributed by atoms with Crippen LogP contribution in [0.25, 0.3) is 16.9 Å². The van der Waals surface area contributed by atoms with Crippen molar-refractivity contribution in [2.45, 2.75) is 0 Å². The zero-order chi connectivity index (χ0) is 12.7. The SMILES string of the molecule is Cn1cc(-c2nc3ccccn3c2C(N)=O)cn1. The van der Waals surface area contributed by atoms with Crippen LogP contribution in [0.3, 0.4) is 0 Å². The molecule has 6 nitrogen and oxygen atoms in total. The minimum atomic E-state index is -0.507. The lowest BCUT2D eigenvalue weighted by Crippen LogP contribution is -2.14. The molecular formula is C12H11N5O. The standard InChI is InChI=1S/C12H11N5O/c1-16-7-8(6-14-16)10-11(12(13)18)17-5-3-2-4-9(17)15-10/h2-7H,1H3,(H2,13,18). The van der Waals surface area contributed by atoms with E-state index >= 15 is 0 Å². The molecule has 0 aromatic carbocycles. The Kier molecular flexibility index (Phi) is 2.16. The lowest BCUT2D eigenvalue weighted by molar-refractivity contribution is 0.0995. The van der Waals surface area contributed by atoms with Crippen molar-refractivity contribution >= 4 is 11.6 Å². The lowest BCUT2D eigenvalue weighted by atomic mass is 10.2. The van der Waals surface area contributed by atoms with Crippen molar-refractivity contribution in [3.05, 3.63) is 42.5 Å². The Hall–Kier alpha value is -2.63. The fraction of sp³-hybridized carbons (Fsp3) is 0.0833. The van der Waals surface area contributed by atoms with Gasteiger partial charge in [0, 0.05) is 25.0 Å². The Bertz CT molecular complexity index is 740. The van der Waals surface area contributed by atoms with Crippen LogP contribution in [0, 0.1) is 0 Å². The molecule has 0 radical (unpaired) electrons. The van der Waals surface area contributed by atoms with Crippen molar-refractivity contribution in [1.29, 1.82) is 0 Å². The number of aryl methyl sites for hydroxylation is 1. The highest BCUT2D eigenvalue weighted by Crippen LogP contribution is 2.23. The average molecular weight is 241 g/mol. The lowest BCUT2D eigenvalue weighted by Gasteiger charge is -1.98. The van der Waals surface area contributed by atoms with Crippen LogP contribution in [0.5, 0.6) is 0 Å². The number of hydrogen-bond acceptors (Lipinski definition) is 3. The number of carbonyl (C=O) groups is 1. The zero-order valence-corrected chi connectivity index (χ0v) is 9.74. The number of carbonyl (C=O) groups excluding carboxylic acids is 1. The van der Waals surface area contributed by atoms with Gasteiger partial charge in [-0.05, 0) is 12.1 Å². The minimum absolute atomic E-state index is 0.374. The Balaban J connectivity index is 2.34. The molecule has 0 unspecified atom stereocenters. The first kappa shape index (κ1) is 10.5. The fourth-order valence-corrected chi connectivity index (χ4v) is 1.98. The second-order valence-corrected chi connectivity index (χ2v) is 4.00. The first-order valence-corrected chi connectivity index (χ1v) is 5.43. The molecule has 0 bridgehead atoms. The normalized spacial score (nSPS) is 10.9. The number of aromatic nitrogens is 4. The van der Waals surface area contributed by atoms with Crippen LogP contribution < -0.4 is 5.73 Å². The molecule has 2 N–H and O–H groups in total. The number of fused-ring (bicyclic) bond motifs is 1. The molecule has 0 atom stereocenters. The van der Waals surface area contributed by atoms with E-state index in [1.165, 1.54) is 0 Å². The van der Waals surface area contributed by atoms with Crippen LogP contribution in [-0.2, 0) is 7.05 Å². The van der Waals surface area contributed by atoms with E-state index in [0.717, 1.165) is 5.56 Å². The van der Waals surface area contributed by atoms with Crippen LogP contribution in [0.2, 0.25) is 0 Å². The fourth-order valence-electron chi connectivity index (χ4n) is 1.98. The number of imidazole rings is 1. The van der Waals surface area contributed by atoms with E-state index in [9.17, 15) is 4.79 Å². The highest BCUT2D eigenvalue weighted by Gasteiger charge is 2.18. The Morgan fingerprint density at radius 3 is 2.89 bits per heavy atom. The van der Waals surface area contributed by atoms with Gasteiger partial charge in [-0.3, -0.25) is 13.9 Å². The quantitative estimate of drug-likeness (QED) is 0.722. The monoisotopic (exact) mass is 241 g/mol. The van der Waals surface area contributed by atoms with Gasteiger partial charge in [0.25, 0.3) is 5.91 Å². The number of nitrogens with two attached hydrogens (primary N) is 1. The number of nitrogens with zero attached hydrogens (tertiary/aromatic N) is 4. The van der Waals surface area contributed by atoms with Crippen molar-refractivity contribution in [2.24, 2.45) is 12.8 Å². The predicted molar refractivity (Wildman–Crippen MR) is 65.9 cm³/mol. The molecule has 0 spiro atoms. The summed E-state index contributed by atoms with van der Waals surface area (Å²) in [5, 5.41) is 4.08. The van der Waals surface area contributed by atoms with E-state index in [-0.39, 0.29) is 0 Å². The van der Waals surface area contributed by atoms with Crippen molar-refractivity contribution in [3.63, 3.8) is 0 Å². The first-order chi connectivity index (χ1) is 8.66. The van der Waals surface area contributed by atoms with Gasteiger partial charge in [0.1, 0.15) is 17.0 Å². The molecule has 3 heterocycles. The number of rotatable bonds is 2. The van der Waals surface area contributed by atoms with Gasteiger partial charge >= 0.3 is 0 Å². The van der Waals surface area contributed by atoms with E-state index in [1.54, 1.807) is 27.7 Å². The molecule has 0 fully saturated rings. The van der Waals surface area contributed by atoms with Gasteiger partial charge < -0.3 is 5.73 Å². The molecule has 6 heteroatoms. The molecule has 90 valence electrons. The number of hydrogen-bond donors (Lipinski definition) is 1. The molecule has 3 aromatic heterocycles. The van der Waals surface area contributed by atoms with E-state index in [0.29, 0.717) is 17.0 Å². The van der Waals surface area contributed by atoms with Crippen LogP contribution >= 0.6 is 0 Å². The molecule has 0 saturated heterocycles. The summed E-state index contributed by atoms with van der Waals surface area (Å²) in [6.07, 6.45) is 5.23. The van der Waals surface area contributed by atoms with Crippen LogP contribution in [0.1, 0.15) is 10.5 Å². The largest absolute Gasteiger partial charge is 0.364 e. The molecule has 0 saturated carbocycles. The van der Waals surface area contributed by atoms with E-state index < -0.39 is 5.91 Å². The van der Waals surface area contributed by atoms with Crippen molar-refractivity contribution in [2.75, 3.05) is 0 Å². The Labute approximate surface area is 103 Å². The van der Waals surface area contributed by atoms with Crippen LogP contribution in [0.4, 0.5) is 0 Å². The maximum atomic E-state index is 11.6. The van der Waals surface area contributed by atoms with Crippen molar-refractivity contribution < 1.29 is 4.79 Å². The van der Waals surface area contributed by atoms with Crippen LogP contribution in [0.15, 0.2) is 36.8 Å². The zero-order valence-electron chi connectivity index (χ0n) is 9.74. The number of primary amides is 1. The second-order valence-electron chi connectivity index (χ2n) is 4.00. The Morgan fingerprint density at radius 1 is 1.39 bits per heavy atom. The van der Waals surface area contributed by atoms with Gasteiger partial charge in [-0.15, -0.1) is 0 Å². The summed E-state index contributed by atoms with van der Waals surface area (Å²) in [5.41, 5.74) is 7.83. The molecule has 0 aliphatic rings. The number of pyridine rings is 1. The summed E-state index contributed by atoms with van der Waals surface area (Å²) in [6, 6.07) is 5.51. The van der Waals surface area contributed by atoms with Gasteiger partial charge in [-0.1, -0.05) is 6.07 Å². The molecule has 3 aromatic rings. The van der Waals surface area contributed by atoms with Gasteiger partial charge in [-0.2, -0.15) is 5.10 Å². The van der Waals surface area contributed by atoms with Crippen molar-refractivity contribution in [1.82, 2.24) is 19.2 Å². The van der Waals surface area contributed by atoms with E-state index in [4.69, 9.17) is 5.73 Å². The maximum Gasteiger partial charge on any atom is 0.268 e. The molecule has 3 rings (SSSR count). The van der Waals surface area contributed by atoms with Gasteiger partial charge in [0.15, 0.2) is 0 Å². The maximum absolute atomic E-state index is 11.6. The minimum Gasteiger partial charge on any atom is -0.364 e. The van der Waals surface area contributed by atoms with Crippen molar-refractivity contribution in [3.8, 4) is 11.3 Å². The second kappa shape index (κ2) is 3.69. The smallest absolute Gasteiger partial charge is 0.268 e. The summed E-state index contributed by atoms with van der Waals surface area (Å²) in [4.78, 5) is 16.0. The Morgan fingerprint density at radius 2 is 2.22 bits per heavy atom. The van der Waals surface area contributed by atoms with Crippen LogP contribution in [-0.4, -0.2) is 25.1 Å².